The standard InChI is InChI=1S/C21H31N5O4S/c1-14(19-24-17(25-30-19)16-8-6-12-31-16)26-11-5-7-15(13-26)18(27)22-9-10-23-20(28)29-21(2,3)4/h6,8,12,14-15H,5,7,9-11,13H2,1-4H3,(H,22,27)(H,23,28). The van der Waals surface area contributed by atoms with Gasteiger partial charge in [-0.2, -0.15) is 4.98 Å². The second-order valence-corrected chi connectivity index (χ2v) is 9.61. The Morgan fingerprint density at radius 1 is 1.35 bits per heavy atom. The molecular formula is C21H31N5O4S. The molecule has 0 bridgehead atoms. The van der Waals surface area contributed by atoms with Crippen molar-refractivity contribution < 1.29 is 18.8 Å². The molecule has 0 saturated carbocycles. The van der Waals surface area contributed by atoms with Crippen molar-refractivity contribution in [1.29, 1.82) is 0 Å². The van der Waals surface area contributed by atoms with E-state index in [0.717, 1.165) is 24.3 Å². The Kier molecular flexibility index (Phi) is 7.66. The number of carbonyl (C=O) groups excluding carboxylic acids is 2. The van der Waals surface area contributed by atoms with Gasteiger partial charge in [-0.25, -0.2) is 4.79 Å². The molecule has 3 rings (SSSR count). The highest BCUT2D eigenvalue weighted by molar-refractivity contribution is 7.13. The first-order valence-corrected chi connectivity index (χ1v) is 11.5. The molecule has 0 radical (unpaired) electrons. The fraction of sp³-hybridized carbons (Fsp3) is 0.619. The maximum Gasteiger partial charge on any atom is 0.407 e. The van der Waals surface area contributed by atoms with Crippen molar-refractivity contribution in [2.24, 2.45) is 5.92 Å². The fourth-order valence-electron chi connectivity index (χ4n) is 3.45. The maximum absolute atomic E-state index is 12.6. The molecule has 1 saturated heterocycles. The topological polar surface area (TPSA) is 110 Å². The number of piperidine rings is 1. The summed E-state index contributed by atoms with van der Waals surface area (Å²) in [4.78, 5) is 32.0. The van der Waals surface area contributed by atoms with Gasteiger partial charge in [0.15, 0.2) is 0 Å². The van der Waals surface area contributed by atoms with Crippen LogP contribution < -0.4 is 10.6 Å². The fourth-order valence-corrected chi connectivity index (χ4v) is 4.10. The van der Waals surface area contributed by atoms with Gasteiger partial charge in [-0.1, -0.05) is 11.2 Å². The first kappa shape index (κ1) is 23.2. The minimum Gasteiger partial charge on any atom is -0.444 e. The summed E-state index contributed by atoms with van der Waals surface area (Å²) < 4.78 is 10.7. The molecule has 2 N–H and O–H groups in total. The highest BCUT2D eigenvalue weighted by Crippen LogP contribution is 2.28. The lowest BCUT2D eigenvalue weighted by Gasteiger charge is -2.34. The van der Waals surface area contributed by atoms with E-state index in [0.29, 0.717) is 31.3 Å². The molecule has 2 aromatic rings. The summed E-state index contributed by atoms with van der Waals surface area (Å²) in [7, 11) is 0. The number of carbonyl (C=O) groups is 2. The largest absolute Gasteiger partial charge is 0.444 e. The molecule has 1 aliphatic rings. The van der Waals surface area contributed by atoms with Crippen LogP contribution in [0.15, 0.2) is 22.0 Å². The van der Waals surface area contributed by atoms with Gasteiger partial charge in [-0.3, -0.25) is 9.69 Å². The first-order chi connectivity index (χ1) is 14.7. The Labute approximate surface area is 186 Å². The zero-order valence-corrected chi connectivity index (χ0v) is 19.3. The summed E-state index contributed by atoms with van der Waals surface area (Å²) in [5.41, 5.74) is -0.543. The van der Waals surface area contributed by atoms with E-state index < -0.39 is 11.7 Å². The van der Waals surface area contributed by atoms with E-state index in [2.05, 4.69) is 25.7 Å². The Morgan fingerprint density at radius 3 is 2.84 bits per heavy atom. The van der Waals surface area contributed by atoms with Gasteiger partial charge in [-0.05, 0) is 58.5 Å². The third-order valence-corrected chi connectivity index (χ3v) is 5.87. The second-order valence-electron chi connectivity index (χ2n) is 8.66. The predicted octanol–water partition coefficient (Wildman–Crippen LogP) is 3.21. The zero-order valence-electron chi connectivity index (χ0n) is 18.5. The summed E-state index contributed by atoms with van der Waals surface area (Å²) >= 11 is 1.57. The van der Waals surface area contributed by atoms with Crippen LogP contribution in [0.2, 0.25) is 0 Å². The molecule has 1 aliphatic heterocycles. The second kappa shape index (κ2) is 10.2. The number of hydrogen-bond acceptors (Lipinski definition) is 8. The van der Waals surface area contributed by atoms with E-state index in [9.17, 15) is 9.59 Å². The number of ether oxygens (including phenoxy) is 1. The summed E-state index contributed by atoms with van der Waals surface area (Å²) in [5, 5.41) is 11.6. The van der Waals surface area contributed by atoms with E-state index in [1.807, 2.05) is 45.2 Å². The minimum absolute atomic E-state index is 0.00677. The number of aromatic nitrogens is 2. The van der Waals surface area contributed by atoms with Crippen molar-refractivity contribution in [2.45, 2.75) is 52.2 Å². The number of likely N-dealkylation sites (tertiary alicyclic amines) is 1. The number of nitrogens with zero attached hydrogens (tertiary/aromatic N) is 3. The molecule has 2 unspecified atom stereocenters. The molecule has 2 atom stereocenters. The normalized spacial score (nSPS) is 18.4. The van der Waals surface area contributed by atoms with E-state index in [-0.39, 0.29) is 17.9 Å². The molecule has 0 spiro atoms. The third kappa shape index (κ3) is 6.76. The maximum atomic E-state index is 12.6. The average Bonchev–Trinajstić information content (AvgIpc) is 3.41. The smallest absolute Gasteiger partial charge is 0.407 e. The van der Waals surface area contributed by atoms with Crippen LogP contribution in [0.25, 0.3) is 10.7 Å². The van der Waals surface area contributed by atoms with E-state index >= 15 is 0 Å². The van der Waals surface area contributed by atoms with Gasteiger partial charge in [0.2, 0.25) is 17.6 Å². The number of thiophene rings is 1. The summed E-state index contributed by atoms with van der Waals surface area (Å²) in [6.45, 7) is 9.63. The van der Waals surface area contributed by atoms with Crippen LogP contribution in [0, 0.1) is 5.92 Å². The highest BCUT2D eigenvalue weighted by atomic mass is 32.1. The average molecular weight is 450 g/mol. The Hall–Kier alpha value is -2.46. The van der Waals surface area contributed by atoms with Crippen molar-refractivity contribution in [3.8, 4) is 10.7 Å². The number of nitrogens with one attached hydrogen (secondary N) is 2. The highest BCUT2D eigenvalue weighted by Gasteiger charge is 2.31. The number of alkyl carbamates (subject to hydrolysis) is 1. The van der Waals surface area contributed by atoms with Gasteiger partial charge in [-0.15, -0.1) is 11.3 Å². The van der Waals surface area contributed by atoms with Gasteiger partial charge in [0.1, 0.15) is 5.60 Å². The van der Waals surface area contributed by atoms with Crippen LogP contribution in [0.5, 0.6) is 0 Å². The van der Waals surface area contributed by atoms with Gasteiger partial charge in [0, 0.05) is 19.6 Å². The van der Waals surface area contributed by atoms with Crippen molar-refractivity contribution in [3.05, 3.63) is 23.4 Å². The lowest BCUT2D eigenvalue weighted by Crippen LogP contribution is -2.45. The SMILES string of the molecule is CC(c1nc(-c2cccs2)no1)N1CCCC(C(=O)NCCNC(=O)OC(C)(C)C)C1. The molecule has 31 heavy (non-hydrogen) atoms. The van der Waals surface area contributed by atoms with Crippen LogP contribution in [-0.4, -0.2) is 58.8 Å². The lowest BCUT2D eigenvalue weighted by atomic mass is 9.96. The predicted molar refractivity (Wildman–Crippen MR) is 118 cm³/mol. The minimum atomic E-state index is -0.543. The van der Waals surface area contributed by atoms with Crippen molar-refractivity contribution in [1.82, 2.24) is 25.7 Å². The molecule has 0 aromatic carbocycles. The van der Waals surface area contributed by atoms with E-state index in [4.69, 9.17) is 9.26 Å². The molecule has 9 nitrogen and oxygen atoms in total. The van der Waals surface area contributed by atoms with Crippen LogP contribution in [0.4, 0.5) is 4.79 Å². The molecule has 3 heterocycles. The quantitative estimate of drug-likeness (QED) is 0.625. The summed E-state index contributed by atoms with van der Waals surface area (Å²) in [5.74, 6) is 1.04. The molecule has 1 fully saturated rings. The van der Waals surface area contributed by atoms with Gasteiger partial charge < -0.3 is 19.9 Å². The van der Waals surface area contributed by atoms with Crippen LogP contribution in [-0.2, 0) is 9.53 Å². The van der Waals surface area contributed by atoms with E-state index in [1.54, 1.807) is 11.3 Å². The number of hydrogen-bond donors (Lipinski definition) is 2. The molecule has 10 heteroatoms. The Morgan fingerprint density at radius 2 is 2.13 bits per heavy atom. The molecule has 2 aromatic heterocycles. The van der Waals surface area contributed by atoms with Gasteiger partial charge in [0.05, 0.1) is 16.8 Å². The van der Waals surface area contributed by atoms with Gasteiger partial charge in [0.25, 0.3) is 0 Å². The van der Waals surface area contributed by atoms with Crippen LogP contribution in [0.3, 0.4) is 0 Å². The zero-order chi connectivity index (χ0) is 22.4. The monoisotopic (exact) mass is 449 g/mol. The lowest BCUT2D eigenvalue weighted by molar-refractivity contribution is -0.127. The summed E-state index contributed by atoms with van der Waals surface area (Å²) in [6, 6.07) is 3.85. The summed E-state index contributed by atoms with van der Waals surface area (Å²) in [6.07, 6.45) is 1.27. The molecule has 0 aliphatic carbocycles. The van der Waals surface area contributed by atoms with E-state index in [1.165, 1.54) is 0 Å². The molecule has 170 valence electrons. The Bertz CT molecular complexity index is 862. The molecular weight excluding hydrogens is 418 g/mol. The third-order valence-electron chi connectivity index (χ3n) is 5.00. The van der Waals surface area contributed by atoms with Crippen molar-refractivity contribution in [2.75, 3.05) is 26.2 Å². The van der Waals surface area contributed by atoms with Crippen molar-refractivity contribution in [3.63, 3.8) is 0 Å². The van der Waals surface area contributed by atoms with Gasteiger partial charge >= 0.3 is 6.09 Å². The number of amides is 2. The van der Waals surface area contributed by atoms with Crippen LogP contribution in [0.1, 0.15) is 52.5 Å². The van der Waals surface area contributed by atoms with Crippen molar-refractivity contribution >= 4 is 23.3 Å². The number of rotatable bonds is 7. The Balaban J connectivity index is 1.45. The molecule has 2 amide bonds. The van der Waals surface area contributed by atoms with Crippen LogP contribution >= 0.6 is 11.3 Å². The first-order valence-electron chi connectivity index (χ1n) is 10.6.